The summed E-state index contributed by atoms with van der Waals surface area (Å²) in [7, 11) is 0. The molecule has 2 aromatic rings. The van der Waals surface area contributed by atoms with Crippen LogP contribution in [0.15, 0.2) is 23.6 Å². The van der Waals surface area contributed by atoms with Crippen molar-refractivity contribution >= 4 is 11.5 Å². The lowest BCUT2D eigenvalue weighted by Crippen LogP contribution is -1.82. The Labute approximate surface area is 75.0 Å². The van der Waals surface area contributed by atoms with Gasteiger partial charge in [0.05, 0.1) is 0 Å². The second-order valence-electron chi connectivity index (χ2n) is 2.52. The third-order valence-corrected chi connectivity index (χ3v) is 2.19. The Morgan fingerprint density at radius 3 is 3.08 bits per heavy atom. The quantitative estimate of drug-likeness (QED) is 0.664. The Balaban J connectivity index is 2.55. The van der Waals surface area contributed by atoms with Gasteiger partial charge >= 0.3 is 0 Å². The number of aromatic nitrogens is 2. The summed E-state index contributed by atoms with van der Waals surface area (Å²) >= 11 is 1.36. The molecule has 12 heavy (non-hydrogen) atoms. The lowest BCUT2D eigenvalue weighted by molar-refractivity contribution is 1.16. The molecular formula is C9H7N2S. The summed E-state index contributed by atoms with van der Waals surface area (Å²) in [5.41, 5.74) is 3.15. The minimum Gasteiger partial charge on any atom is -0.138 e. The lowest BCUT2D eigenvalue weighted by atomic mass is 10.1. The molecule has 0 aliphatic heterocycles. The zero-order chi connectivity index (χ0) is 8.39. The molecule has 0 amide bonds. The van der Waals surface area contributed by atoms with Crippen LogP contribution in [0.25, 0.3) is 11.3 Å². The van der Waals surface area contributed by atoms with Gasteiger partial charge in [-0.25, -0.2) is 0 Å². The summed E-state index contributed by atoms with van der Waals surface area (Å²) in [5, 5.41) is 5.91. The molecule has 0 aliphatic rings. The number of nitrogens with zero attached hydrogens (tertiary/aromatic N) is 2. The fourth-order valence-electron chi connectivity index (χ4n) is 1.07. The highest BCUT2D eigenvalue weighted by molar-refractivity contribution is 7.03. The van der Waals surface area contributed by atoms with Crippen LogP contribution < -0.4 is 0 Å². The first kappa shape index (κ1) is 7.43. The summed E-state index contributed by atoms with van der Waals surface area (Å²) in [6, 6.07) is 9.05. The molecule has 59 valence electrons. The normalized spacial score (nSPS) is 10.1. The van der Waals surface area contributed by atoms with E-state index in [2.05, 4.69) is 15.7 Å². The molecule has 0 bridgehead atoms. The molecule has 0 atom stereocenters. The van der Waals surface area contributed by atoms with Gasteiger partial charge in [0, 0.05) is 10.9 Å². The monoisotopic (exact) mass is 175 g/mol. The molecule has 3 heteroatoms. The molecule has 2 rings (SSSR count). The minimum atomic E-state index is 0.915. The van der Waals surface area contributed by atoms with Gasteiger partial charge in [0.2, 0.25) is 0 Å². The maximum atomic E-state index is 3.98. The molecule has 0 saturated heterocycles. The van der Waals surface area contributed by atoms with Crippen LogP contribution in [0, 0.1) is 13.0 Å². The Morgan fingerprint density at radius 2 is 2.42 bits per heavy atom. The molecule has 0 fully saturated rings. The van der Waals surface area contributed by atoms with Crippen molar-refractivity contribution in [1.29, 1.82) is 0 Å². The molecule has 0 aliphatic carbocycles. The maximum Gasteiger partial charge on any atom is 0.106 e. The van der Waals surface area contributed by atoms with Crippen molar-refractivity contribution in [2.45, 2.75) is 6.92 Å². The van der Waals surface area contributed by atoms with Crippen molar-refractivity contribution in [2.24, 2.45) is 0 Å². The van der Waals surface area contributed by atoms with Crippen LogP contribution in [0.3, 0.4) is 0 Å². The van der Waals surface area contributed by atoms with E-state index in [0.717, 1.165) is 11.3 Å². The Bertz CT molecular complexity index is 368. The zero-order valence-electron chi connectivity index (χ0n) is 6.61. The van der Waals surface area contributed by atoms with Crippen LogP contribution >= 0.6 is 11.5 Å². The molecular weight excluding hydrogens is 168 g/mol. The van der Waals surface area contributed by atoms with E-state index in [1.54, 1.807) is 0 Å². The molecule has 0 unspecified atom stereocenters. The third kappa shape index (κ3) is 1.23. The van der Waals surface area contributed by atoms with E-state index in [4.69, 9.17) is 0 Å². The van der Waals surface area contributed by atoms with Gasteiger partial charge < -0.3 is 0 Å². The second-order valence-corrected chi connectivity index (χ2v) is 3.13. The van der Waals surface area contributed by atoms with E-state index in [1.165, 1.54) is 17.1 Å². The Morgan fingerprint density at radius 1 is 1.50 bits per heavy atom. The molecule has 1 radical (unpaired) electrons. The fraction of sp³-hybridized carbons (Fsp3) is 0.111. The summed E-state index contributed by atoms with van der Waals surface area (Å²) in [4.78, 5) is 0. The van der Waals surface area contributed by atoms with E-state index in [1.807, 2.05) is 30.5 Å². The van der Waals surface area contributed by atoms with Crippen LogP contribution in [-0.4, -0.2) is 9.59 Å². The van der Waals surface area contributed by atoms with Gasteiger partial charge in [0.25, 0.3) is 0 Å². The minimum absolute atomic E-state index is 0.915. The molecule has 1 heterocycles. The molecule has 2 nitrogen and oxygen atoms in total. The van der Waals surface area contributed by atoms with E-state index in [-0.39, 0.29) is 0 Å². The van der Waals surface area contributed by atoms with Crippen molar-refractivity contribution in [3.8, 4) is 11.3 Å². The predicted octanol–water partition coefficient (Wildman–Crippen LogP) is 2.31. The number of aryl methyl sites for hydroxylation is 1. The van der Waals surface area contributed by atoms with Crippen molar-refractivity contribution < 1.29 is 0 Å². The first-order chi connectivity index (χ1) is 5.88. The third-order valence-electron chi connectivity index (χ3n) is 1.68. The van der Waals surface area contributed by atoms with Crippen molar-refractivity contribution in [2.75, 3.05) is 0 Å². The van der Waals surface area contributed by atoms with Crippen LogP contribution in [0.2, 0.25) is 0 Å². The summed E-state index contributed by atoms with van der Waals surface area (Å²) in [6.07, 6.45) is 0. The average molecular weight is 175 g/mol. The first-order valence-electron chi connectivity index (χ1n) is 3.62. The summed E-state index contributed by atoms with van der Waals surface area (Å²) in [5.74, 6) is 0. The summed E-state index contributed by atoms with van der Waals surface area (Å²) in [6.45, 7) is 2.05. The standard InChI is InChI=1S/C9H7N2S/c1-7-4-2-3-5-8(7)9-6-12-11-10-9/h2-4,6H,1H3. The highest BCUT2D eigenvalue weighted by Gasteiger charge is 2.02. The van der Waals surface area contributed by atoms with Gasteiger partial charge in [-0.15, -0.1) is 5.10 Å². The lowest BCUT2D eigenvalue weighted by Gasteiger charge is -1.98. The van der Waals surface area contributed by atoms with Crippen molar-refractivity contribution in [3.63, 3.8) is 0 Å². The van der Waals surface area contributed by atoms with Gasteiger partial charge in [-0.05, 0) is 30.1 Å². The number of hydrogen-bond acceptors (Lipinski definition) is 3. The van der Waals surface area contributed by atoms with E-state index >= 15 is 0 Å². The molecule has 0 spiro atoms. The van der Waals surface area contributed by atoms with Gasteiger partial charge in [0.15, 0.2) is 0 Å². The molecule has 0 saturated carbocycles. The van der Waals surface area contributed by atoms with Crippen LogP contribution in [0.1, 0.15) is 5.56 Å². The molecule has 1 aromatic heterocycles. The van der Waals surface area contributed by atoms with E-state index in [0.29, 0.717) is 0 Å². The number of hydrogen-bond donors (Lipinski definition) is 0. The molecule has 0 N–H and O–H groups in total. The first-order valence-corrected chi connectivity index (χ1v) is 4.46. The average Bonchev–Trinajstić information content (AvgIpc) is 2.57. The molecule has 1 aromatic carbocycles. The highest BCUT2D eigenvalue weighted by Crippen LogP contribution is 2.20. The van der Waals surface area contributed by atoms with Crippen LogP contribution in [0.5, 0.6) is 0 Å². The van der Waals surface area contributed by atoms with Gasteiger partial charge in [-0.3, -0.25) is 0 Å². The van der Waals surface area contributed by atoms with Crippen molar-refractivity contribution in [3.05, 3.63) is 35.2 Å². The van der Waals surface area contributed by atoms with Crippen LogP contribution in [0.4, 0.5) is 0 Å². The Kier molecular flexibility index (Phi) is 1.87. The van der Waals surface area contributed by atoms with Gasteiger partial charge in [-0.1, -0.05) is 22.7 Å². The van der Waals surface area contributed by atoms with Crippen molar-refractivity contribution in [1.82, 2.24) is 9.59 Å². The second kappa shape index (κ2) is 3.03. The SMILES string of the molecule is Cc1ccc[c]c1-c1csnn1. The summed E-state index contributed by atoms with van der Waals surface area (Å²) < 4.78 is 3.81. The van der Waals surface area contributed by atoms with E-state index < -0.39 is 0 Å². The topological polar surface area (TPSA) is 25.8 Å². The smallest absolute Gasteiger partial charge is 0.106 e. The predicted molar refractivity (Wildman–Crippen MR) is 48.9 cm³/mol. The number of rotatable bonds is 1. The largest absolute Gasteiger partial charge is 0.138 e. The van der Waals surface area contributed by atoms with Crippen LogP contribution in [-0.2, 0) is 0 Å². The fourth-order valence-corrected chi connectivity index (χ4v) is 1.52. The zero-order valence-corrected chi connectivity index (χ0v) is 7.43. The van der Waals surface area contributed by atoms with Gasteiger partial charge in [0.1, 0.15) is 5.69 Å². The van der Waals surface area contributed by atoms with Gasteiger partial charge in [-0.2, -0.15) is 0 Å². The maximum absolute atomic E-state index is 3.98. The highest BCUT2D eigenvalue weighted by atomic mass is 32.1. The number of benzene rings is 1. The Hall–Kier alpha value is -1.22. The van der Waals surface area contributed by atoms with E-state index in [9.17, 15) is 0 Å².